The predicted octanol–water partition coefficient (Wildman–Crippen LogP) is -1.59. The molecule has 1 saturated heterocycles. The molecular weight excluding hydrogens is 450 g/mol. The molecule has 1 rings (SSSR count). The number of aliphatic hydroxyl groups is 1. The second-order valence-corrected chi connectivity index (χ2v) is 7.27. The Bertz CT molecular complexity index is 797. The van der Waals surface area contributed by atoms with Gasteiger partial charge in [-0.25, -0.2) is 4.79 Å². The first kappa shape index (κ1) is 27.8. The average Bonchev–Trinajstić information content (AvgIpc) is 2.64. The maximum Gasteiger partial charge on any atom is 0.364 e. The minimum Gasteiger partial charge on any atom is -0.477 e. The lowest BCUT2D eigenvalue weighted by Crippen LogP contribution is -2.68. The molecular formula is C19H27NO13. The van der Waals surface area contributed by atoms with Gasteiger partial charge in [-0.1, -0.05) is 0 Å². The van der Waals surface area contributed by atoms with E-state index in [1.165, 1.54) is 0 Å². The Morgan fingerprint density at radius 1 is 0.970 bits per heavy atom. The highest BCUT2D eigenvalue weighted by atomic mass is 16.7. The molecule has 0 radical (unpaired) electrons. The molecule has 1 amide bonds. The van der Waals surface area contributed by atoms with Gasteiger partial charge >= 0.3 is 29.8 Å². The molecule has 0 saturated carbocycles. The van der Waals surface area contributed by atoms with E-state index in [9.17, 15) is 39.0 Å². The molecule has 33 heavy (non-hydrogen) atoms. The van der Waals surface area contributed by atoms with Crippen LogP contribution in [0, 0.1) is 0 Å². The fourth-order valence-corrected chi connectivity index (χ4v) is 3.26. The lowest BCUT2D eigenvalue weighted by molar-refractivity contribution is -0.298. The van der Waals surface area contributed by atoms with E-state index < -0.39 is 85.0 Å². The Labute approximate surface area is 188 Å². The zero-order valence-electron chi connectivity index (χ0n) is 18.7. The summed E-state index contributed by atoms with van der Waals surface area (Å²) in [6.07, 6.45) is -7.26. The molecule has 0 aromatic rings. The van der Waals surface area contributed by atoms with Gasteiger partial charge in [-0.05, 0) is 0 Å². The molecule has 1 heterocycles. The first-order valence-electron chi connectivity index (χ1n) is 9.72. The summed E-state index contributed by atoms with van der Waals surface area (Å²) in [6, 6.07) is -1.37. The predicted molar refractivity (Wildman–Crippen MR) is 103 cm³/mol. The number of carbonyl (C=O) groups is 6. The first-order chi connectivity index (χ1) is 15.2. The minimum absolute atomic E-state index is 0.650. The van der Waals surface area contributed by atoms with Gasteiger partial charge in [0, 0.05) is 34.6 Å². The van der Waals surface area contributed by atoms with Crippen molar-refractivity contribution in [1.29, 1.82) is 0 Å². The maximum absolute atomic E-state index is 11.8. The standard InChI is InChI=1S/C19H27NO13/c1-8(21)20-15-13(30-10(3)23)6-19(28,18(26)27)33-17(15)16(32-12(5)25)14(31-11(4)24)7-29-9(2)22/h13-17,28H,6-7H2,1-5H3,(H,20,21)(H,26,27). The van der Waals surface area contributed by atoms with Gasteiger partial charge in [0.15, 0.2) is 12.2 Å². The zero-order chi connectivity index (χ0) is 25.5. The van der Waals surface area contributed by atoms with Gasteiger partial charge < -0.3 is 39.2 Å². The topological polar surface area (TPSA) is 201 Å². The monoisotopic (exact) mass is 477 g/mol. The van der Waals surface area contributed by atoms with Crippen LogP contribution in [0.3, 0.4) is 0 Å². The number of hydrogen-bond acceptors (Lipinski definition) is 12. The molecule has 186 valence electrons. The number of amides is 1. The number of rotatable bonds is 9. The molecule has 0 bridgehead atoms. The SMILES string of the molecule is CC(=O)NC1C(OC(C)=O)CC(O)(C(=O)O)OC1C(OC(C)=O)C(COC(C)=O)OC(C)=O. The van der Waals surface area contributed by atoms with Gasteiger partial charge in [-0.15, -0.1) is 0 Å². The van der Waals surface area contributed by atoms with Gasteiger partial charge in [0.2, 0.25) is 5.91 Å². The van der Waals surface area contributed by atoms with E-state index in [0.29, 0.717) is 0 Å². The summed E-state index contributed by atoms with van der Waals surface area (Å²) in [5.41, 5.74) is 0. The van der Waals surface area contributed by atoms with Gasteiger partial charge in [-0.3, -0.25) is 24.0 Å². The van der Waals surface area contributed by atoms with Crippen molar-refractivity contribution in [2.24, 2.45) is 0 Å². The summed E-state index contributed by atoms with van der Waals surface area (Å²) < 4.78 is 25.6. The van der Waals surface area contributed by atoms with E-state index in [4.69, 9.17) is 23.7 Å². The van der Waals surface area contributed by atoms with Crippen LogP contribution in [0.4, 0.5) is 0 Å². The first-order valence-corrected chi connectivity index (χ1v) is 9.72. The Morgan fingerprint density at radius 2 is 1.55 bits per heavy atom. The smallest absolute Gasteiger partial charge is 0.364 e. The number of carbonyl (C=O) groups excluding carboxylic acids is 5. The Kier molecular flexibility index (Phi) is 9.73. The van der Waals surface area contributed by atoms with Crippen molar-refractivity contribution in [3.63, 3.8) is 0 Å². The van der Waals surface area contributed by atoms with Gasteiger partial charge in [0.25, 0.3) is 5.79 Å². The van der Waals surface area contributed by atoms with Crippen molar-refractivity contribution in [2.75, 3.05) is 6.61 Å². The number of carboxylic acid groups (broad SMARTS) is 1. The van der Waals surface area contributed by atoms with Crippen LogP contribution in [0.15, 0.2) is 0 Å². The normalized spacial score (nSPS) is 26.2. The second kappa shape index (κ2) is 11.6. The van der Waals surface area contributed by atoms with Crippen LogP contribution >= 0.6 is 0 Å². The summed E-state index contributed by atoms with van der Waals surface area (Å²) >= 11 is 0. The van der Waals surface area contributed by atoms with Gasteiger partial charge in [0.05, 0.1) is 12.5 Å². The lowest BCUT2D eigenvalue weighted by atomic mass is 9.88. The van der Waals surface area contributed by atoms with Crippen molar-refractivity contribution in [2.45, 2.75) is 77.3 Å². The van der Waals surface area contributed by atoms with Crippen LogP contribution in [-0.2, 0) is 52.5 Å². The van der Waals surface area contributed by atoms with Crippen LogP contribution in [0.5, 0.6) is 0 Å². The number of carboxylic acids is 1. The van der Waals surface area contributed by atoms with E-state index >= 15 is 0 Å². The van der Waals surface area contributed by atoms with E-state index in [-0.39, 0.29) is 0 Å². The summed E-state index contributed by atoms with van der Waals surface area (Å²) in [5, 5.41) is 22.5. The summed E-state index contributed by atoms with van der Waals surface area (Å²) in [6.45, 7) is 4.51. The van der Waals surface area contributed by atoms with Crippen LogP contribution in [0.25, 0.3) is 0 Å². The van der Waals surface area contributed by atoms with Crippen molar-refractivity contribution < 1.29 is 62.7 Å². The fraction of sp³-hybridized carbons (Fsp3) is 0.684. The van der Waals surface area contributed by atoms with Crippen molar-refractivity contribution in [3.05, 3.63) is 0 Å². The number of hydrogen-bond donors (Lipinski definition) is 3. The number of ether oxygens (including phenoxy) is 5. The largest absolute Gasteiger partial charge is 0.477 e. The average molecular weight is 477 g/mol. The fourth-order valence-electron chi connectivity index (χ4n) is 3.26. The minimum atomic E-state index is -2.94. The Morgan fingerprint density at radius 3 is 1.97 bits per heavy atom. The molecule has 0 spiro atoms. The van der Waals surface area contributed by atoms with Crippen molar-refractivity contribution in [1.82, 2.24) is 5.32 Å². The molecule has 0 aliphatic carbocycles. The third kappa shape index (κ3) is 8.31. The molecule has 14 heteroatoms. The van der Waals surface area contributed by atoms with Crippen LogP contribution < -0.4 is 5.32 Å². The zero-order valence-corrected chi connectivity index (χ0v) is 18.7. The van der Waals surface area contributed by atoms with Crippen LogP contribution in [0.1, 0.15) is 41.0 Å². The highest BCUT2D eigenvalue weighted by Gasteiger charge is 2.57. The number of esters is 4. The third-order valence-corrected chi connectivity index (χ3v) is 4.35. The molecule has 14 nitrogen and oxygen atoms in total. The summed E-state index contributed by atoms with van der Waals surface area (Å²) in [4.78, 5) is 70.0. The highest BCUT2D eigenvalue weighted by molar-refractivity contribution is 5.76. The summed E-state index contributed by atoms with van der Waals surface area (Å²) in [7, 11) is 0. The molecule has 6 unspecified atom stereocenters. The Balaban J connectivity index is 3.60. The molecule has 1 fully saturated rings. The van der Waals surface area contributed by atoms with Gasteiger partial charge in [-0.2, -0.15) is 0 Å². The molecule has 1 aliphatic heterocycles. The quantitative estimate of drug-likeness (QED) is 0.254. The van der Waals surface area contributed by atoms with Crippen LogP contribution in [0.2, 0.25) is 0 Å². The maximum atomic E-state index is 11.8. The van der Waals surface area contributed by atoms with Gasteiger partial charge in [0.1, 0.15) is 18.8 Å². The van der Waals surface area contributed by atoms with E-state index in [0.717, 1.165) is 34.6 Å². The Hall–Kier alpha value is -3.26. The second-order valence-electron chi connectivity index (χ2n) is 7.27. The third-order valence-electron chi connectivity index (χ3n) is 4.35. The van der Waals surface area contributed by atoms with E-state index in [1.807, 2.05) is 0 Å². The van der Waals surface area contributed by atoms with Crippen molar-refractivity contribution in [3.8, 4) is 0 Å². The van der Waals surface area contributed by atoms with Crippen molar-refractivity contribution >= 4 is 35.8 Å². The molecule has 0 aromatic heterocycles. The molecule has 6 atom stereocenters. The highest BCUT2D eigenvalue weighted by Crippen LogP contribution is 2.34. The molecule has 1 aliphatic rings. The molecule has 3 N–H and O–H groups in total. The van der Waals surface area contributed by atoms with E-state index in [1.54, 1.807) is 0 Å². The van der Waals surface area contributed by atoms with Crippen LogP contribution in [-0.4, -0.2) is 88.8 Å². The summed E-state index contributed by atoms with van der Waals surface area (Å²) in [5.74, 6) is -8.96. The van der Waals surface area contributed by atoms with E-state index in [2.05, 4.69) is 5.32 Å². The number of aliphatic carboxylic acids is 1. The number of nitrogens with one attached hydrogen (secondary N) is 1. The molecule has 0 aromatic carbocycles. The lowest BCUT2D eigenvalue weighted by Gasteiger charge is -2.46.